The first-order chi connectivity index (χ1) is 9.24. The molecule has 96 valence electrons. The Morgan fingerprint density at radius 1 is 1.11 bits per heavy atom. The molecular formula is C16H16N2S. The van der Waals surface area contributed by atoms with Crippen molar-refractivity contribution in [2.24, 2.45) is 0 Å². The summed E-state index contributed by atoms with van der Waals surface area (Å²) >= 11 is 1.80. The highest BCUT2D eigenvalue weighted by Crippen LogP contribution is 2.29. The van der Waals surface area contributed by atoms with Crippen molar-refractivity contribution in [3.63, 3.8) is 0 Å². The highest BCUT2D eigenvalue weighted by molar-refractivity contribution is 7.10. The Labute approximate surface area is 117 Å². The topological polar surface area (TPSA) is 28.7 Å². The van der Waals surface area contributed by atoms with Crippen LogP contribution in [-0.4, -0.2) is 9.97 Å². The average molecular weight is 268 g/mol. The summed E-state index contributed by atoms with van der Waals surface area (Å²) in [6.45, 7) is 4.43. The van der Waals surface area contributed by atoms with Crippen LogP contribution in [0.15, 0.2) is 48.0 Å². The van der Waals surface area contributed by atoms with E-state index in [9.17, 15) is 0 Å². The molecule has 0 aliphatic heterocycles. The van der Waals surface area contributed by atoms with Gasteiger partial charge in [-0.25, -0.2) is 4.98 Å². The third-order valence-corrected chi connectivity index (χ3v) is 4.36. The van der Waals surface area contributed by atoms with E-state index in [4.69, 9.17) is 0 Å². The van der Waals surface area contributed by atoms with E-state index in [1.165, 1.54) is 16.0 Å². The van der Waals surface area contributed by atoms with Crippen LogP contribution in [0.25, 0.3) is 22.6 Å². The van der Waals surface area contributed by atoms with E-state index in [0.717, 1.165) is 11.5 Å². The molecule has 0 bridgehead atoms. The van der Waals surface area contributed by atoms with Crippen LogP contribution < -0.4 is 0 Å². The lowest BCUT2D eigenvalue weighted by molar-refractivity contribution is 0.890. The maximum absolute atomic E-state index is 4.49. The fourth-order valence-corrected chi connectivity index (χ4v) is 2.92. The highest BCUT2D eigenvalue weighted by Gasteiger charge is 2.09. The second-order valence-corrected chi connectivity index (χ2v) is 5.85. The maximum atomic E-state index is 4.49. The van der Waals surface area contributed by atoms with Crippen LogP contribution in [0.5, 0.6) is 0 Å². The highest BCUT2D eigenvalue weighted by atomic mass is 32.1. The summed E-state index contributed by atoms with van der Waals surface area (Å²) in [5, 5.41) is 2.17. The van der Waals surface area contributed by atoms with E-state index in [1.54, 1.807) is 11.3 Å². The summed E-state index contributed by atoms with van der Waals surface area (Å²) in [5.74, 6) is 1.52. The van der Waals surface area contributed by atoms with Gasteiger partial charge in [-0.3, -0.25) is 0 Å². The molecule has 0 saturated carbocycles. The molecule has 1 aromatic carbocycles. The maximum Gasteiger partial charge on any atom is 0.138 e. The van der Waals surface area contributed by atoms with Gasteiger partial charge in [-0.05, 0) is 17.5 Å². The first kappa shape index (κ1) is 12.2. The zero-order valence-corrected chi connectivity index (χ0v) is 11.9. The van der Waals surface area contributed by atoms with Crippen LogP contribution in [0, 0.1) is 0 Å². The van der Waals surface area contributed by atoms with Crippen molar-refractivity contribution in [3.05, 3.63) is 52.9 Å². The molecule has 2 aromatic heterocycles. The Morgan fingerprint density at radius 2 is 1.89 bits per heavy atom. The molecule has 3 heteroatoms. The molecule has 0 amide bonds. The summed E-state index contributed by atoms with van der Waals surface area (Å²) in [5.41, 5.74) is 3.41. The van der Waals surface area contributed by atoms with Gasteiger partial charge in [0.1, 0.15) is 5.82 Å². The van der Waals surface area contributed by atoms with Crippen molar-refractivity contribution < 1.29 is 0 Å². The van der Waals surface area contributed by atoms with Gasteiger partial charge in [0, 0.05) is 15.8 Å². The van der Waals surface area contributed by atoms with Gasteiger partial charge in [0.25, 0.3) is 0 Å². The molecule has 0 aliphatic carbocycles. The third kappa shape index (κ3) is 2.47. The van der Waals surface area contributed by atoms with Crippen LogP contribution in [0.4, 0.5) is 0 Å². The second kappa shape index (κ2) is 5.02. The van der Waals surface area contributed by atoms with E-state index < -0.39 is 0 Å². The van der Waals surface area contributed by atoms with E-state index in [-0.39, 0.29) is 0 Å². The van der Waals surface area contributed by atoms with Crippen molar-refractivity contribution in [1.82, 2.24) is 9.97 Å². The van der Waals surface area contributed by atoms with Crippen LogP contribution >= 0.6 is 11.3 Å². The average Bonchev–Trinajstić information content (AvgIpc) is 3.09. The molecule has 0 saturated heterocycles. The van der Waals surface area contributed by atoms with E-state index >= 15 is 0 Å². The number of aromatic amines is 1. The molecule has 0 aliphatic rings. The lowest BCUT2D eigenvalue weighted by Gasteiger charge is -1.97. The van der Waals surface area contributed by atoms with Gasteiger partial charge in [-0.1, -0.05) is 44.2 Å². The van der Waals surface area contributed by atoms with Gasteiger partial charge in [-0.2, -0.15) is 0 Å². The molecule has 0 fully saturated rings. The van der Waals surface area contributed by atoms with Crippen LogP contribution in [0.1, 0.15) is 24.6 Å². The standard InChI is InChI=1S/C16H16N2S/c1-11(2)15-8-13(10-19-15)16-17-9-14(18-16)12-6-4-3-5-7-12/h3-11H,1-2H3,(H,17,18). The number of imidazole rings is 1. The second-order valence-electron chi connectivity index (χ2n) is 4.90. The van der Waals surface area contributed by atoms with Crippen LogP contribution in [0.2, 0.25) is 0 Å². The molecule has 2 nitrogen and oxygen atoms in total. The SMILES string of the molecule is CC(C)c1cc(-c2ncc(-c3ccccc3)[nH]2)cs1. The van der Waals surface area contributed by atoms with Crippen molar-refractivity contribution in [2.75, 3.05) is 0 Å². The normalized spacial score (nSPS) is 11.1. The lowest BCUT2D eigenvalue weighted by Crippen LogP contribution is -1.81. The zero-order valence-electron chi connectivity index (χ0n) is 11.1. The predicted molar refractivity (Wildman–Crippen MR) is 81.4 cm³/mol. The number of hydrogen-bond acceptors (Lipinski definition) is 2. The molecule has 0 spiro atoms. The number of thiophene rings is 1. The number of H-pyrrole nitrogens is 1. The van der Waals surface area contributed by atoms with Gasteiger partial charge in [0.15, 0.2) is 0 Å². The first-order valence-electron chi connectivity index (χ1n) is 6.43. The Balaban J connectivity index is 1.92. The zero-order chi connectivity index (χ0) is 13.2. The first-order valence-corrected chi connectivity index (χ1v) is 7.31. The third-order valence-electron chi connectivity index (χ3n) is 3.12. The van der Waals surface area contributed by atoms with E-state index in [2.05, 4.69) is 47.4 Å². The van der Waals surface area contributed by atoms with Gasteiger partial charge in [0.05, 0.1) is 11.9 Å². The van der Waals surface area contributed by atoms with Gasteiger partial charge >= 0.3 is 0 Å². The number of hydrogen-bond donors (Lipinski definition) is 1. The number of rotatable bonds is 3. The summed E-state index contributed by atoms with van der Waals surface area (Å²) in [6.07, 6.45) is 1.90. The molecular weight excluding hydrogens is 252 g/mol. The van der Waals surface area contributed by atoms with Gasteiger partial charge in [0.2, 0.25) is 0 Å². The Bertz CT molecular complexity index is 665. The number of aromatic nitrogens is 2. The molecule has 2 heterocycles. The number of benzene rings is 1. The van der Waals surface area contributed by atoms with Crippen molar-refractivity contribution in [2.45, 2.75) is 19.8 Å². The molecule has 19 heavy (non-hydrogen) atoms. The Hall–Kier alpha value is -1.87. The summed E-state index contributed by atoms with van der Waals surface area (Å²) in [7, 11) is 0. The minimum Gasteiger partial charge on any atom is -0.338 e. The number of nitrogens with one attached hydrogen (secondary N) is 1. The molecule has 0 atom stereocenters. The summed E-state index contributed by atoms with van der Waals surface area (Å²) in [4.78, 5) is 9.28. The van der Waals surface area contributed by atoms with Gasteiger partial charge < -0.3 is 4.98 Å². The van der Waals surface area contributed by atoms with Crippen molar-refractivity contribution >= 4 is 11.3 Å². The van der Waals surface area contributed by atoms with Crippen molar-refractivity contribution in [1.29, 1.82) is 0 Å². The molecule has 3 aromatic rings. The molecule has 3 rings (SSSR count). The van der Waals surface area contributed by atoms with E-state index in [1.807, 2.05) is 24.4 Å². The predicted octanol–water partition coefficient (Wildman–Crippen LogP) is 4.93. The minimum atomic E-state index is 0.572. The van der Waals surface area contributed by atoms with Crippen LogP contribution in [-0.2, 0) is 0 Å². The molecule has 0 radical (unpaired) electrons. The fourth-order valence-electron chi connectivity index (χ4n) is 2.01. The lowest BCUT2D eigenvalue weighted by atomic mass is 10.1. The largest absolute Gasteiger partial charge is 0.338 e. The summed E-state index contributed by atoms with van der Waals surface area (Å²) < 4.78 is 0. The quantitative estimate of drug-likeness (QED) is 0.717. The summed E-state index contributed by atoms with van der Waals surface area (Å²) in [6, 6.07) is 12.5. The minimum absolute atomic E-state index is 0.572. The van der Waals surface area contributed by atoms with E-state index in [0.29, 0.717) is 5.92 Å². The van der Waals surface area contributed by atoms with Crippen LogP contribution in [0.3, 0.4) is 0 Å². The Kier molecular flexibility index (Phi) is 3.22. The van der Waals surface area contributed by atoms with Gasteiger partial charge in [-0.15, -0.1) is 11.3 Å². The monoisotopic (exact) mass is 268 g/mol. The smallest absolute Gasteiger partial charge is 0.138 e. The number of nitrogens with zero attached hydrogens (tertiary/aromatic N) is 1. The Morgan fingerprint density at radius 3 is 2.58 bits per heavy atom. The molecule has 1 N–H and O–H groups in total. The fraction of sp³-hybridized carbons (Fsp3) is 0.188. The molecule has 0 unspecified atom stereocenters. The van der Waals surface area contributed by atoms with Crippen molar-refractivity contribution in [3.8, 4) is 22.6 Å².